The molecule has 1 aromatic rings. The number of nitrogens with zero attached hydrogens (tertiary/aromatic N) is 2. The Morgan fingerprint density at radius 3 is 2.75 bits per heavy atom. The number of aryl methyl sites for hydroxylation is 2. The number of hydrogen-bond acceptors (Lipinski definition) is 3. The SMILES string of the molecule is CCCSCC(N)Cc1c(Br)c(C)nn1C. The van der Waals surface area contributed by atoms with Crippen LogP contribution in [0.1, 0.15) is 24.7 Å². The quantitative estimate of drug-likeness (QED) is 0.821. The lowest BCUT2D eigenvalue weighted by atomic mass is 10.2. The minimum atomic E-state index is 0.211. The van der Waals surface area contributed by atoms with Gasteiger partial charge in [0, 0.05) is 25.3 Å². The maximum absolute atomic E-state index is 6.11. The molecule has 5 heteroatoms. The number of rotatable bonds is 6. The van der Waals surface area contributed by atoms with Gasteiger partial charge in [-0.25, -0.2) is 0 Å². The summed E-state index contributed by atoms with van der Waals surface area (Å²) in [5.41, 5.74) is 8.34. The molecule has 1 aromatic heterocycles. The first-order chi connectivity index (χ1) is 7.56. The van der Waals surface area contributed by atoms with Crippen LogP contribution < -0.4 is 5.73 Å². The number of hydrogen-bond donors (Lipinski definition) is 1. The molecular formula is C11H20BrN3S. The third kappa shape index (κ3) is 3.79. The highest BCUT2D eigenvalue weighted by molar-refractivity contribution is 9.10. The van der Waals surface area contributed by atoms with Gasteiger partial charge >= 0.3 is 0 Å². The van der Waals surface area contributed by atoms with E-state index in [0.29, 0.717) is 0 Å². The second-order valence-corrected chi connectivity index (χ2v) is 5.95. The molecule has 16 heavy (non-hydrogen) atoms. The van der Waals surface area contributed by atoms with Gasteiger partial charge in [-0.3, -0.25) is 4.68 Å². The fourth-order valence-corrected chi connectivity index (χ4v) is 2.96. The Morgan fingerprint density at radius 1 is 1.56 bits per heavy atom. The van der Waals surface area contributed by atoms with Crippen LogP contribution in [-0.2, 0) is 13.5 Å². The topological polar surface area (TPSA) is 43.8 Å². The molecule has 0 fully saturated rings. The van der Waals surface area contributed by atoms with E-state index in [1.54, 1.807) is 0 Å². The average Bonchev–Trinajstić information content (AvgIpc) is 2.46. The van der Waals surface area contributed by atoms with E-state index < -0.39 is 0 Å². The maximum atomic E-state index is 6.11. The van der Waals surface area contributed by atoms with Gasteiger partial charge in [0.15, 0.2) is 0 Å². The summed E-state index contributed by atoms with van der Waals surface area (Å²) in [6.07, 6.45) is 2.10. The summed E-state index contributed by atoms with van der Waals surface area (Å²) in [5, 5.41) is 4.37. The smallest absolute Gasteiger partial charge is 0.0738 e. The Kier molecular flexibility index (Phi) is 5.86. The predicted molar refractivity (Wildman–Crippen MR) is 74.9 cm³/mol. The summed E-state index contributed by atoms with van der Waals surface area (Å²) in [6.45, 7) is 4.20. The molecule has 0 aliphatic rings. The molecule has 1 heterocycles. The Morgan fingerprint density at radius 2 is 2.25 bits per heavy atom. The maximum Gasteiger partial charge on any atom is 0.0738 e. The van der Waals surface area contributed by atoms with Gasteiger partial charge < -0.3 is 5.73 Å². The van der Waals surface area contributed by atoms with Crippen molar-refractivity contribution in [3.8, 4) is 0 Å². The first-order valence-electron chi connectivity index (χ1n) is 5.57. The van der Waals surface area contributed by atoms with Gasteiger partial charge in [-0.15, -0.1) is 0 Å². The first kappa shape index (κ1) is 14.1. The van der Waals surface area contributed by atoms with Gasteiger partial charge in [-0.05, 0) is 35.0 Å². The fraction of sp³-hybridized carbons (Fsp3) is 0.727. The van der Waals surface area contributed by atoms with Crippen LogP contribution in [0.15, 0.2) is 4.47 Å². The number of nitrogens with two attached hydrogens (primary N) is 1. The fourth-order valence-electron chi connectivity index (χ4n) is 1.59. The lowest BCUT2D eigenvalue weighted by molar-refractivity contribution is 0.651. The van der Waals surface area contributed by atoms with E-state index in [4.69, 9.17) is 5.73 Å². The number of aromatic nitrogens is 2. The molecule has 0 aromatic carbocycles. The lowest BCUT2D eigenvalue weighted by Gasteiger charge is -2.11. The van der Waals surface area contributed by atoms with E-state index in [-0.39, 0.29) is 6.04 Å². The van der Waals surface area contributed by atoms with Crippen molar-refractivity contribution in [2.24, 2.45) is 12.8 Å². The van der Waals surface area contributed by atoms with Crippen molar-refractivity contribution in [2.75, 3.05) is 11.5 Å². The lowest BCUT2D eigenvalue weighted by Crippen LogP contribution is -2.27. The molecule has 0 spiro atoms. The monoisotopic (exact) mass is 305 g/mol. The third-order valence-corrected chi connectivity index (χ3v) is 4.79. The Bertz CT molecular complexity index is 338. The number of halogens is 1. The Hall–Kier alpha value is 0. The summed E-state index contributed by atoms with van der Waals surface area (Å²) in [7, 11) is 1.97. The highest BCUT2D eigenvalue weighted by Gasteiger charge is 2.13. The predicted octanol–water partition coefficient (Wildman–Crippen LogP) is 2.50. The van der Waals surface area contributed by atoms with Crippen molar-refractivity contribution in [1.29, 1.82) is 0 Å². The third-order valence-electron chi connectivity index (χ3n) is 2.40. The van der Waals surface area contributed by atoms with Crippen LogP contribution in [0.3, 0.4) is 0 Å². The number of thioether (sulfide) groups is 1. The molecule has 0 aliphatic carbocycles. The van der Waals surface area contributed by atoms with Crippen LogP contribution in [0.25, 0.3) is 0 Å². The Balaban J connectivity index is 2.52. The van der Waals surface area contributed by atoms with Crippen LogP contribution in [0.5, 0.6) is 0 Å². The second-order valence-electron chi connectivity index (χ2n) is 4.01. The summed E-state index contributed by atoms with van der Waals surface area (Å²) >= 11 is 5.49. The molecule has 1 unspecified atom stereocenters. The molecule has 0 aliphatic heterocycles. The van der Waals surface area contributed by atoms with E-state index in [0.717, 1.165) is 22.3 Å². The van der Waals surface area contributed by atoms with Crippen molar-refractivity contribution in [3.05, 3.63) is 15.9 Å². The molecule has 0 saturated carbocycles. The van der Waals surface area contributed by atoms with Crippen LogP contribution in [0.2, 0.25) is 0 Å². The van der Waals surface area contributed by atoms with Gasteiger partial charge in [-0.2, -0.15) is 16.9 Å². The van der Waals surface area contributed by atoms with Crippen molar-refractivity contribution in [2.45, 2.75) is 32.7 Å². The zero-order valence-electron chi connectivity index (χ0n) is 10.2. The van der Waals surface area contributed by atoms with Crippen molar-refractivity contribution in [3.63, 3.8) is 0 Å². The van der Waals surface area contributed by atoms with Gasteiger partial charge in [0.2, 0.25) is 0 Å². The van der Waals surface area contributed by atoms with Crippen molar-refractivity contribution in [1.82, 2.24) is 9.78 Å². The molecule has 1 rings (SSSR count). The highest BCUT2D eigenvalue weighted by Crippen LogP contribution is 2.21. The minimum absolute atomic E-state index is 0.211. The molecular weight excluding hydrogens is 286 g/mol. The van der Waals surface area contributed by atoms with Crippen molar-refractivity contribution < 1.29 is 0 Å². The van der Waals surface area contributed by atoms with Gasteiger partial charge in [0.1, 0.15) is 0 Å². The largest absolute Gasteiger partial charge is 0.327 e. The van der Waals surface area contributed by atoms with E-state index >= 15 is 0 Å². The first-order valence-corrected chi connectivity index (χ1v) is 7.52. The molecule has 2 N–H and O–H groups in total. The summed E-state index contributed by atoms with van der Waals surface area (Å²) in [6, 6.07) is 0.211. The average molecular weight is 306 g/mol. The van der Waals surface area contributed by atoms with E-state index in [1.165, 1.54) is 17.9 Å². The Labute approximate surface area is 110 Å². The molecule has 0 amide bonds. The summed E-state index contributed by atoms with van der Waals surface area (Å²) in [5.74, 6) is 2.21. The molecule has 0 bridgehead atoms. The van der Waals surface area contributed by atoms with Crippen LogP contribution >= 0.6 is 27.7 Å². The molecule has 0 saturated heterocycles. The summed E-state index contributed by atoms with van der Waals surface area (Å²) in [4.78, 5) is 0. The van der Waals surface area contributed by atoms with E-state index in [9.17, 15) is 0 Å². The zero-order chi connectivity index (χ0) is 12.1. The van der Waals surface area contributed by atoms with Crippen LogP contribution in [0.4, 0.5) is 0 Å². The second kappa shape index (κ2) is 6.67. The van der Waals surface area contributed by atoms with Crippen LogP contribution in [0, 0.1) is 6.92 Å². The van der Waals surface area contributed by atoms with Gasteiger partial charge in [0.05, 0.1) is 15.9 Å². The molecule has 1 atom stereocenters. The van der Waals surface area contributed by atoms with Crippen molar-refractivity contribution >= 4 is 27.7 Å². The highest BCUT2D eigenvalue weighted by atomic mass is 79.9. The zero-order valence-corrected chi connectivity index (χ0v) is 12.6. The van der Waals surface area contributed by atoms with Crippen LogP contribution in [-0.4, -0.2) is 27.3 Å². The standard InChI is InChI=1S/C11H20BrN3S/c1-4-5-16-7-9(13)6-10-11(12)8(2)14-15(10)3/h9H,4-7,13H2,1-3H3. The normalized spacial score (nSPS) is 13.1. The molecule has 3 nitrogen and oxygen atoms in total. The summed E-state index contributed by atoms with van der Waals surface area (Å²) < 4.78 is 3.02. The van der Waals surface area contributed by atoms with E-state index in [1.807, 2.05) is 30.4 Å². The molecule has 92 valence electrons. The minimum Gasteiger partial charge on any atom is -0.327 e. The van der Waals surface area contributed by atoms with Gasteiger partial charge in [0.25, 0.3) is 0 Å². The van der Waals surface area contributed by atoms with Gasteiger partial charge in [-0.1, -0.05) is 6.92 Å². The van der Waals surface area contributed by atoms with E-state index in [2.05, 4.69) is 28.0 Å². The molecule has 0 radical (unpaired) electrons.